The number of nitrogen functional groups attached to an aromatic ring is 1. The summed E-state index contributed by atoms with van der Waals surface area (Å²) < 4.78 is 0. The number of nitrogens with two attached hydrogens (primary N) is 1. The van der Waals surface area contributed by atoms with Gasteiger partial charge in [0.25, 0.3) is 0 Å². The molecular formula is C17H27ClN2O. The summed E-state index contributed by atoms with van der Waals surface area (Å²) in [6.45, 7) is 3.07. The van der Waals surface area contributed by atoms with Crippen LogP contribution >= 0.6 is 12.4 Å². The van der Waals surface area contributed by atoms with E-state index >= 15 is 0 Å². The number of aryl methyl sites for hydroxylation is 1. The third-order valence-corrected chi connectivity index (χ3v) is 4.53. The van der Waals surface area contributed by atoms with E-state index in [0.29, 0.717) is 11.8 Å². The number of amides is 1. The SMILES string of the molecule is CCCC1(CNC(=O)CCc2ccccc2N)CCC1.Cl. The van der Waals surface area contributed by atoms with Gasteiger partial charge >= 0.3 is 0 Å². The van der Waals surface area contributed by atoms with Gasteiger partial charge in [0.05, 0.1) is 0 Å². The topological polar surface area (TPSA) is 55.1 Å². The molecule has 0 unspecified atom stereocenters. The van der Waals surface area contributed by atoms with Gasteiger partial charge in [0.15, 0.2) is 0 Å². The van der Waals surface area contributed by atoms with Crippen LogP contribution in [0.2, 0.25) is 0 Å². The van der Waals surface area contributed by atoms with Crippen LogP contribution in [0.1, 0.15) is 51.0 Å². The number of carbonyl (C=O) groups excluding carboxylic acids is 1. The Balaban J connectivity index is 0.00000220. The maximum Gasteiger partial charge on any atom is 0.220 e. The molecule has 1 aliphatic carbocycles. The molecule has 0 radical (unpaired) electrons. The van der Waals surface area contributed by atoms with Crippen LogP contribution in [0.15, 0.2) is 24.3 Å². The lowest BCUT2D eigenvalue weighted by Crippen LogP contribution is -2.42. The summed E-state index contributed by atoms with van der Waals surface area (Å²) >= 11 is 0. The van der Waals surface area contributed by atoms with Gasteiger partial charge in [-0.15, -0.1) is 12.4 Å². The molecule has 1 aliphatic rings. The molecule has 3 N–H and O–H groups in total. The highest BCUT2D eigenvalue weighted by Crippen LogP contribution is 2.44. The van der Waals surface area contributed by atoms with Crippen molar-refractivity contribution in [3.63, 3.8) is 0 Å². The Bertz CT molecular complexity index is 458. The van der Waals surface area contributed by atoms with Crippen LogP contribution in [-0.4, -0.2) is 12.5 Å². The fourth-order valence-electron chi connectivity index (χ4n) is 3.11. The van der Waals surface area contributed by atoms with E-state index < -0.39 is 0 Å². The zero-order valence-corrected chi connectivity index (χ0v) is 13.7. The highest BCUT2D eigenvalue weighted by molar-refractivity contribution is 5.85. The molecule has 3 nitrogen and oxygen atoms in total. The first-order valence-electron chi connectivity index (χ1n) is 7.75. The van der Waals surface area contributed by atoms with E-state index in [1.165, 1.54) is 32.1 Å². The summed E-state index contributed by atoms with van der Waals surface area (Å²) in [6.07, 6.45) is 7.54. The second-order valence-electron chi connectivity index (χ2n) is 6.08. The van der Waals surface area contributed by atoms with E-state index in [9.17, 15) is 4.79 Å². The summed E-state index contributed by atoms with van der Waals surface area (Å²) in [5.74, 6) is 0.149. The number of hydrogen-bond acceptors (Lipinski definition) is 2. The number of para-hydroxylation sites is 1. The highest BCUT2D eigenvalue weighted by atomic mass is 35.5. The van der Waals surface area contributed by atoms with Gasteiger partial charge in [-0.05, 0) is 42.7 Å². The van der Waals surface area contributed by atoms with Crippen LogP contribution in [0.4, 0.5) is 5.69 Å². The molecule has 21 heavy (non-hydrogen) atoms. The van der Waals surface area contributed by atoms with Crippen LogP contribution in [0.25, 0.3) is 0 Å². The van der Waals surface area contributed by atoms with Gasteiger partial charge in [0.1, 0.15) is 0 Å². The number of anilines is 1. The molecule has 4 heteroatoms. The number of nitrogens with one attached hydrogen (secondary N) is 1. The number of hydrogen-bond donors (Lipinski definition) is 2. The second-order valence-corrected chi connectivity index (χ2v) is 6.08. The molecule has 118 valence electrons. The lowest BCUT2D eigenvalue weighted by molar-refractivity contribution is -0.122. The molecule has 0 spiro atoms. The van der Waals surface area contributed by atoms with Gasteiger partial charge < -0.3 is 11.1 Å². The summed E-state index contributed by atoms with van der Waals surface area (Å²) in [7, 11) is 0. The molecule has 0 heterocycles. The molecule has 1 aromatic carbocycles. The Morgan fingerprint density at radius 1 is 1.33 bits per heavy atom. The maximum absolute atomic E-state index is 12.0. The Labute approximate surface area is 134 Å². The van der Waals surface area contributed by atoms with Gasteiger partial charge in [0.2, 0.25) is 5.91 Å². The van der Waals surface area contributed by atoms with Crippen molar-refractivity contribution in [2.24, 2.45) is 5.41 Å². The van der Waals surface area contributed by atoms with Crippen molar-refractivity contribution in [2.45, 2.75) is 51.9 Å². The van der Waals surface area contributed by atoms with Crippen molar-refractivity contribution in [3.05, 3.63) is 29.8 Å². The average Bonchev–Trinajstić information content (AvgIpc) is 2.40. The Kier molecular flexibility index (Phi) is 7.03. The molecule has 1 fully saturated rings. The first-order chi connectivity index (χ1) is 9.65. The van der Waals surface area contributed by atoms with E-state index in [0.717, 1.165) is 24.2 Å². The summed E-state index contributed by atoms with van der Waals surface area (Å²) in [4.78, 5) is 12.0. The lowest BCUT2D eigenvalue weighted by Gasteiger charge is -2.42. The highest BCUT2D eigenvalue weighted by Gasteiger charge is 2.35. The zero-order chi connectivity index (χ0) is 14.4. The van der Waals surface area contributed by atoms with Crippen LogP contribution in [-0.2, 0) is 11.2 Å². The van der Waals surface area contributed by atoms with Crippen LogP contribution in [0.3, 0.4) is 0 Å². The van der Waals surface area contributed by atoms with Crippen molar-refractivity contribution in [3.8, 4) is 0 Å². The van der Waals surface area contributed by atoms with Crippen molar-refractivity contribution >= 4 is 24.0 Å². The minimum Gasteiger partial charge on any atom is -0.399 e. The van der Waals surface area contributed by atoms with Crippen LogP contribution < -0.4 is 11.1 Å². The molecule has 0 aromatic heterocycles. The van der Waals surface area contributed by atoms with Crippen molar-refractivity contribution in [1.29, 1.82) is 0 Å². The number of carbonyl (C=O) groups is 1. The fraction of sp³-hybridized carbons (Fsp3) is 0.588. The van der Waals surface area contributed by atoms with Crippen LogP contribution in [0, 0.1) is 5.41 Å². The Hall–Kier alpha value is -1.22. The molecule has 1 amide bonds. The number of rotatable bonds is 7. The average molecular weight is 311 g/mol. The standard InChI is InChI=1S/C17H26N2O.ClH/c1-2-10-17(11-5-12-17)13-19-16(20)9-8-14-6-3-4-7-15(14)18;/h3-4,6-7H,2,5,8-13,18H2,1H3,(H,19,20);1H. The van der Waals surface area contributed by atoms with E-state index in [2.05, 4.69) is 12.2 Å². The zero-order valence-electron chi connectivity index (χ0n) is 12.9. The molecule has 1 saturated carbocycles. The largest absolute Gasteiger partial charge is 0.399 e. The van der Waals surface area contributed by atoms with Crippen molar-refractivity contribution in [1.82, 2.24) is 5.32 Å². The van der Waals surface area contributed by atoms with Crippen molar-refractivity contribution in [2.75, 3.05) is 12.3 Å². The number of halogens is 1. The van der Waals surface area contributed by atoms with E-state index in [1.807, 2.05) is 24.3 Å². The summed E-state index contributed by atoms with van der Waals surface area (Å²) in [6, 6.07) is 7.77. The van der Waals surface area contributed by atoms with E-state index in [-0.39, 0.29) is 18.3 Å². The Morgan fingerprint density at radius 2 is 2.05 bits per heavy atom. The van der Waals surface area contributed by atoms with Gasteiger partial charge in [-0.25, -0.2) is 0 Å². The maximum atomic E-state index is 12.0. The molecular weight excluding hydrogens is 284 g/mol. The Morgan fingerprint density at radius 3 is 2.62 bits per heavy atom. The smallest absolute Gasteiger partial charge is 0.220 e. The third kappa shape index (κ3) is 4.92. The summed E-state index contributed by atoms with van der Waals surface area (Å²) in [5.41, 5.74) is 8.13. The van der Waals surface area contributed by atoms with Gasteiger partial charge in [-0.3, -0.25) is 4.79 Å². The third-order valence-electron chi connectivity index (χ3n) is 4.53. The number of benzene rings is 1. The van der Waals surface area contributed by atoms with Gasteiger partial charge in [-0.1, -0.05) is 38.0 Å². The molecule has 0 atom stereocenters. The second kappa shape index (κ2) is 8.28. The van der Waals surface area contributed by atoms with Gasteiger partial charge in [-0.2, -0.15) is 0 Å². The predicted molar refractivity (Wildman–Crippen MR) is 90.6 cm³/mol. The minimum absolute atomic E-state index is 0. The molecule has 0 bridgehead atoms. The molecule has 0 saturated heterocycles. The molecule has 0 aliphatic heterocycles. The normalized spacial score (nSPS) is 15.7. The minimum atomic E-state index is 0. The van der Waals surface area contributed by atoms with Crippen LogP contribution in [0.5, 0.6) is 0 Å². The predicted octanol–water partition coefficient (Wildman–Crippen LogP) is 3.71. The monoisotopic (exact) mass is 310 g/mol. The van der Waals surface area contributed by atoms with Gasteiger partial charge in [0, 0.05) is 18.7 Å². The molecule has 2 rings (SSSR count). The first-order valence-corrected chi connectivity index (χ1v) is 7.75. The summed E-state index contributed by atoms with van der Waals surface area (Å²) in [5, 5.41) is 3.12. The van der Waals surface area contributed by atoms with Crippen molar-refractivity contribution < 1.29 is 4.79 Å². The van der Waals surface area contributed by atoms with E-state index in [4.69, 9.17) is 5.73 Å². The fourth-order valence-corrected chi connectivity index (χ4v) is 3.11. The van der Waals surface area contributed by atoms with E-state index in [1.54, 1.807) is 0 Å². The lowest BCUT2D eigenvalue weighted by atomic mass is 9.66. The first kappa shape index (κ1) is 17.8. The quantitative estimate of drug-likeness (QED) is 0.754. The molecule has 1 aromatic rings.